The molecule has 2 rings (SSSR count). The van der Waals surface area contributed by atoms with Gasteiger partial charge in [-0.2, -0.15) is 0 Å². The van der Waals surface area contributed by atoms with Gasteiger partial charge in [0.05, 0.1) is 23.8 Å². The largest absolute Gasteiger partial charge is 0.375 e. The fraction of sp³-hybridized carbons (Fsp3) is 0.692. The lowest BCUT2D eigenvalue weighted by atomic mass is 10.1. The van der Waals surface area contributed by atoms with Gasteiger partial charge in [-0.1, -0.05) is 24.2 Å². The highest BCUT2D eigenvalue weighted by Gasteiger charge is 2.16. The Bertz CT molecular complexity index is 397. The minimum atomic E-state index is 0.0553. The molecular weight excluding hydrogens is 262 g/mol. The summed E-state index contributed by atoms with van der Waals surface area (Å²) in [4.78, 5) is 17.3. The molecule has 0 unspecified atom stereocenters. The molecule has 2 heterocycles. The molecule has 0 atom stereocenters. The molecule has 0 aromatic carbocycles. The Kier molecular flexibility index (Phi) is 5.75. The number of aromatic nitrogens is 1. The van der Waals surface area contributed by atoms with Gasteiger partial charge in [-0.15, -0.1) is 0 Å². The van der Waals surface area contributed by atoms with Crippen LogP contribution in [-0.4, -0.2) is 24.0 Å². The lowest BCUT2D eigenvalue weighted by Crippen LogP contribution is -2.11. The molecule has 106 valence electrons. The van der Waals surface area contributed by atoms with Gasteiger partial charge in [0.1, 0.15) is 0 Å². The van der Waals surface area contributed by atoms with E-state index in [0.29, 0.717) is 18.2 Å². The highest BCUT2D eigenvalue weighted by atomic mass is 32.1. The molecule has 0 aliphatic carbocycles. The number of hydrogen-bond donors (Lipinski definition) is 2. The first kappa shape index (κ1) is 14.4. The summed E-state index contributed by atoms with van der Waals surface area (Å²) >= 11 is 1.53. The molecule has 5 nitrogen and oxygen atoms in total. The Labute approximate surface area is 117 Å². The zero-order chi connectivity index (χ0) is 13.5. The minimum absolute atomic E-state index is 0.0553. The van der Waals surface area contributed by atoms with Crippen LogP contribution in [0.3, 0.4) is 0 Å². The highest BCUT2D eigenvalue weighted by molar-refractivity contribution is 7.15. The number of carbonyl (C=O) groups excluding carboxylic acids is 1. The number of anilines is 1. The van der Waals surface area contributed by atoms with Gasteiger partial charge >= 0.3 is 0 Å². The summed E-state index contributed by atoms with van der Waals surface area (Å²) < 4.78 is 5.36. The van der Waals surface area contributed by atoms with E-state index in [2.05, 4.69) is 10.3 Å². The summed E-state index contributed by atoms with van der Waals surface area (Å²) in [5, 5.41) is 3.59. The first-order chi connectivity index (χ1) is 9.29. The molecule has 1 aliphatic heterocycles. The smallest absolute Gasteiger partial charge is 0.226 e. The number of amides is 1. The Morgan fingerprint density at radius 2 is 2.21 bits per heavy atom. The van der Waals surface area contributed by atoms with Crippen molar-refractivity contribution in [2.75, 3.05) is 18.5 Å². The second-order valence-corrected chi connectivity index (χ2v) is 5.78. The van der Waals surface area contributed by atoms with Crippen molar-refractivity contribution in [2.45, 2.75) is 45.1 Å². The maximum atomic E-state index is 11.8. The van der Waals surface area contributed by atoms with Gasteiger partial charge in [0, 0.05) is 12.8 Å². The van der Waals surface area contributed by atoms with Crippen LogP contribution in [-0.2, 0) is 22.6 Å². The van der Waals surface area contributed by atoms with Crippen LogP contribution in [0.1, 0.15) is 42.7 Å². The number of nitrogens with zero attached hydrogens (tertiary/aromatic N) is 1. The quantitative estimate of drug-likeness (QED) is 0.751. The maximum absolute atomic E-state index is 11.8. The number of thiazole rings is 1. The summed E-state index contributed by atoms with van der Waals surface area (Å²) in [5.41, 5.74) is 6.50. The normalized spacial score (nSPS) is 14.2. The summed E-state index contributed by atoms with van der Waals surface area (Å²) in [6.45, 7) is 2.09. The van der Waals surface area contributed by atoms with Crippen molar-refractivity contribution in [3.05, 3.63) is 10.6 Å². The molecule has 1 amide bonds. The van der Waals surface area contributed by atoms with Gasteiger partial charge < -0.3 is 15.8 Å². The topological polar surface area (TPSA) is 77.2 Å². The van der Waals surface area contributed by atoms with E-state index in [9.17, 15) is 4.79 Å². The summed E-state index contributed by atoms with van der Waals surface area (Å²) in [7, 11) is 0. The molecule has 0 saturated carbocycles. The van der Waals surface area contributed by atoms with Crippen LogP contribution in [0.15, 0.2) is 0 Å². The zero-order valence-corrected chi connectivity index (χ0v) is 11.9. The second kappa shape index (κ2) is 7.57. The van der Waals surface area contributed by atoms with Crippen molar-refractivity contribution in [1.29, 1.82) is 0 Å². The van der Waals surface area contributed by atoms with Crippen LogP contribution in [0.4, 0.5) is 5.13 Å². The monoisotopic (exact) mass is 283 g/mol. The summed E-state index contributed by atoms with van der Waals surface area (Å²) in [5.74, 6) is 0.0553. The molecule has 0 fully saturated rings. The van der Waals surface area contributed by atoms with Crippen molar-refractivity contribution in [3.8, 4) is 0 Å². The third-order valence-corrected chi connectivity index (χ3v) is 4.09. The highest BCUT2D eigenvalue weighted by Crippen LogP contribution is 2.27. The Balaban J connectivity index is 1.71. The predicted octanol–water partition coefficient (Wildman–Crippen LogP) is 2.06. The Morgan fingerprint density at radius 1 is 1.37 bits per heavy atom. The third kappa shape index (κ3) is 4.56. The number of nitrogens with one attached hydrogen (secondary N) is 1. The molecule has 1 aliphatic rings. The van der Waals surface area contributed by atoms with Crippen LogP contribution in [0.2, 0.25) is 0 Å². The van der Waals surface area contributed by atoms with Crippen molar-refractivity contribution in [3.63, 3.8) is 0 Å². The van der Waals surface area contributed by atoms with E-state index in [1.54, 1.807) is 0 Å². The molecule has 1 aromatic rings. The molecule has 0 saturated heterocycles. The van der Waals surface area contributed by atoms with Crippen molar-refractivity contribution in [1.82, 2.24) is 4.98 Å². The second-order valence-electron chi connectivity index (χ2n) is 4.69. The van der Waals surface area contributed by atoms with E-state index in [0.717, 1.165) is 55.8 Å². The average Bonchev–Trinajstić information content (AvgIpc) is 2.80. The first-order valence-corrected chi connectivity index (χ1v) is 7.67. The summed E-state index contributed by atoms with van der Waals surface area (Å²) in [6.07, 6.45) is 5.53. The van der Waals surface area contributed by atoms with E-state index in [1.807, 2.05) is 0 Å². The van der Waals surface area contributed by atoms with Gasteiger partial charge in [0.15, 0.2) is 5.13 Å². The number of fused-ring (bicyclic) bond motifs is 1. The molecule has 3 N–H and O–H groups in total. The van der Waals surface area contributed by atoms with Gasteiger partial charge in [0.2, 0.25) is 5.91 Å². The number of carbonyl (C=O) groups is 1. The van der Waals surface area contributed by atoms with Gasteiger partial charge in [0.25, 0.3) is 0 Å². The number of ether oxygens (including phenoxy) is 1. The number of nitrogens with two attached hydrogens (primary N) is 1. The van der Waals surface area contributed by atoms with Crippen molar-refractivity contribution < 1.29 is 9.53 Å². The Morgan fingerprint density at radius 3 is 3.00 bits per heavy atom. The lowest BCUT2D eigenvalue weighted by Gasteiger charge is -2.08. The van der Waals surface area contributed by atoms with Gasteiger partial charge in [-0.05, 0) is 19.4 Å². The van der Waals surface area contributed by atoms with Crippen LogP contribution in [0.25, 0.3) is 0 Å². The van der Waals surface area contributed by atoms with Crippen molar-refractivity contribution >= 4 is 22.4 Å². The number of rotatable bonds is 7. The van der Waals surface area contributed by atoms with Crippen LogP contribution < -0.4 is 11.1 Å². The Hall–Kier alpha value is -0.980. The molecule has 19 heavy (non-hydrogen) atoms. The predicted molar refractivity (Wildman–Crippen MR) is 76.2 cm³/mol. The van der Waals surface area contributed by atoms with Gasteiger partial charge in [-0.3, -0.25) is 4.79 Å². The third-order valence-electron chi connectivity index (χ3n) is 3.10. The minimum Gasteiger partial charge on any atom is -0.375 e. The lowest BCUT2D eigenvalue weighted by molar-refractivity contribution is -0.116. The maximum Gasteiger partial charge on any atom is 0.226 e. The SMILES string of the molecule is NCCCCCCC(=O)Nc1nc2c(s1)COCC2. The molecule has 0 radical (unpaired) electrons. The summed E-state index contributed by atoms with van der Waals surface area (Å²) in [6, 6.07) is 0. The average molecular weight is 283 g/mol. The molecule has 0 bridgehead atoms. The number of hydrogen-bond acceptors (Lipinski definition) is 5. The van der Waals surface area contributed by atoms with Crippen LogP contribution >= 0.6 is 11.3 Å². The molecule has 1 aromatic heterocycles. The molecule has 6 heteroatoms. The van der Waals surface area contributed by atoms with Gasteiger partial charge in [-0.25, -0.2) is 4.98 Å². The standard InChI is InChI=1S/C13H21N3O2S/c14-7-4-2-1-3-5-12(17)16-13-15-10-6-8-18-9-11(10)19-13/h1-9,14H2,(H,15,16,17). The fourth-order valence-corrected chi connectivity index (χ4v) is 3.01. The van der Waals surface area contributed by atoms with E-state index < -0.39 is 0 Å². The van der Waals surface area contributed by atoms with E-state index >= 15 is 0 Å². The van der Waals surface area contributed by atoms with Crippen LogP contribution in [0.5, 0.6) is 0 Å². The van der Waals surface area contributed by atoms with Crippen LogP contribution in [0, 0.1) is 0 Å². The first-order valence-electron chi connectivity index (χ1n) is 6.86. The van der Waals surface area contributed by atoms with Crippen molar-refractivity contribution in [2.24, 2.45) is 5.73 Å². The fourth-order valence-electron chi connectivity index (χ4n) is 2.04. The van der Waals surface area contributed by atoms with E-state index in [-0.39, 0.29) is 5.91 Å². The van der Waals surface area contributed by atoms with E-state index in [1.165, 1.54) is 11.3 Å². The number of unbranched alkanes of at least 4 members (excludes halogenated alkanes) is 3. The zero-order valence-electron chi connectivity index (χ0n) is 11.1. The molecular formula is C13H21N3O2S. The molecule has 0 spiro atoms. The van der Waals surface area contributed by atoms with E-state index in [4.69, 9.17) is 10.5 Å².